The van der Waals surface area contributed by atoms with Crippen LogP contribution < -0.4 is 4.74 Å². The average molecular weight is 276 g/mol. The van der Waals surface area contributed by atoms with E-state index in [0.29, 0.717) is 0 Å². The molecule has 0 aliphatic heterocycles. The molecule has 0 unspecified atom stereocenters. The van der Waals surface area contributed by atoms with Crippen molar-refractivity contribution in [3.63, 3.8) is 0 Å². The summed E-state index contributed by atoms with van der Waals surface area (Å²) in [5.41, 5.74) is -0.103. The fraction of sp³-hybridized carbons (Fsp3) is 0. The molecule has 6 nitrogen and oxygen atoms in total. The largest absolute Gasteiger partial charge is 0.430 e. The van der Waals surface area contributed by atoms with Crippen molar-refractivity contribution in [2.75, 3.05) is 0 Å². The van der Waals surface area contributed by atoms with Crippen molar-refractivity contribution in [2.24, 2.45) is 0 Å². The van der Waals surface area contributed by atoms with Crippen molar-refractivity contribution in [1.82, 2.24) is 4.98 Å². The minimum Gasteiger partial charge on any atom is -0.430 e. The Kier molecular flexibility index (Phi) is 3.59. The zero-order chi connectivity index (χ0) is 13.8. The van der Waals surface area contributed by atoms with Gasteiger partial charge in [0.2, 0.25) is 11.6 Å². The van der Waals surface area contributed by atoms with Crippen LogP contribution in [-0.4, -0.2) is 9.91 Å². The summed E-state index contributed by atoms with van der Waals surface area (Å²) in [5.74, 6) is -0.0139. The fourth-order valence-corrected chi connectivity index (χ4v) is 1.55. The number of nitrogens with zero attached hydrogens (tertiary/aromatic N) is 3. The van der Waals surface area contributed by atoms with E-state index in [1.165, 1.54) is 30.5 Å². The molecule has 0 aliphatic carbocycles. The number of hydrogen-bond donors (Lipinski definition) is 0. The number of nitriles is 1. The van der Waals surface area contributed by atoms with Crippen molar-refractivity contribution < 1.29 is 9.66 Å². The van der Waals surface area contributed by atoms with Gasteiger partial charge in [0.05, 0.1) is 4.92 Å². The Labute approximate surface area is 113 Å². The van der Waals surface area contributed by atoms with E-state index in [0.717, 1.165) is 0 Å². The maximum absolute atomic E-state index is 10.9. The van der Waals surface area contributed by atoms with Crippen molar-refractivity contribution >= 4 is 17.3 Å². The Morgan fingerprint density at radius 1 is 1.42 bits per heavy atom. The van der Waals surface area contributed by atoms with Crippen LogP contribution in [0.25, 0.3) is 0 Å². The highest BCUT2D eigenvalue weighted by molar-refractivity contribution is 6.30. The number of benzene rings is 1. The second kappa shape index (κ2) is 5.33. The Bertz CT molecular complexity index is 682. The Hall–Kier alpha value is -2.65. The Morgan fingerprint density at radius 2 is 2.21 bits per heavy atom. The maximum Gasteiger partial charge on any atom is 0.313 e. The molecular weight excluding hydrogens is 270 g/mol. The van der Waals surface area contributed by atoms with Gasteiger partial charge in [-0.15, -0.1) is 0 Å². The van der Waals surface area contributed by atoms with Crippen LogP contribution >= 0.6 is 11.6 Å². The van der Waals surface area contributed by atoms with E-state index in [4.69, 9.17) is 21.6 Å². The lowest BCUT2D eigenvalue weighted by atomic mass is 10.3. The number of hydrogen-bond acceptors (Lipinski definition) is 5. The number of pyridine rings is 1. The summed E-state index contributed by atoms with van der Waals surface area (Å²) < 4.78 is 5.31. The number of aromatic nitrogens is 1. The molecule has 0 amide bonds. The van der Waals surface area contributed by atoms with Gasteiger partial charge in [-0.1, -0.05) is 11.6 Å². The van der Waals surface area contributed by atoms with E-state index >= 15 is 0 Å². The minimum atomic E-state index is -0.615. The molecular formula is C12H6ClN3O3. The smallest absolute Gasteiger partial charge is 0.313 e. The van der Waals surface area contributed by atoms with Crippen LogP contribution in [0.3, 0.4) is 0 Å². The molecule has 94 valence electrons. The van der Waals surface area contributed by atoms with Gasteiger partial charge in [-0.2, -0.15) is 5.26 Å². The van der Waals surface area contributed by atoms with Crippen molar-refractivity contribution in [2.45, 2.75) is 0 Å². The fourth-order valence-electron chi connectivity index (χ4n) is 1.38. The lowest BCUT2D eigenvalue weighted by Crippen LogP contribution is -1.96. The molecule has 0 bridgehead atoms. The van der Waals surface area contributed by atoms with Gasteiger partial charge < -0.3 is 4.74 Å². The molecule has 0 saturated carbocycles. The highest BCUT2D eigenvalue weighted by Gasteiger charge is 2.18. The van der Waals surface area contributed by atoms with E-state index in [2.05, 4.69) is 4.98 Å². The van der Waals surface area contributed by atoms with Crippen LogP contribution in [0.4, 0.5) is 5.69 Å². The number of nitro benzene ring substituents is 1. The van der Waals surface area contributed by atoms with Gasteiger partial charge in [-0.25, -0.2) is 4.98 Å². The summed E-state index contributed by atoms with van der Waals surface area (Å²) >= 11 is 5.69. The quantitative estimate of drug-likeness (QED) is 0.633. The van der Waals surface area contributed by atoms with E-state index in [1.54, 1.807) is 6.07 Å². The van der Waals surface area contributed by atoms with Crippen LogP contribution in [0.15, 0.2) is 36.5 Å². The number of halogens is 1. The minimum absolute atomic E-state index is 0.00965. The Balaban J connectivity index is 2.44. The molecule has 0 radical (unpaired) electrons. The van der Waals surface area contributed by atoms with E-state index in [1.807, 2.05) is 6.07 Å². The monoisotopic (exact) mass is 275 g/mol. The third-order valence-electron chi connectivity index (χ3n) is 2.22. The zero-order valence-corrected chi connectivity index (χ0v) is 10.2. The topological polar surface area (TPSA) is 89.0 Å². The Morgan fingerprint density at radius 3 is 2.89 bits per heavy atom. The summed E-state index contributed by atoms with van der Waals surface area (Å²) in [6, 6.07) is 8.95. The standard InChI is InChI=1S/C12H6ClN3O3/c13-9-3-4-11(10(6-9)16(17)18)19-12-8(7-14)2-1-5-15-12/h1-6H. The molecule has 0 aliphatic rings. The molecule has 0 spiro atoms. The van der Waals surface area contributed by atoms with Gasteiger partial charge in [0, 0.05) is 17.3 Å². The molecule has 2 aromatic rings. The van der Waals surface area contributed by atoms with Crippen LogP contribution in [0, 0.1) is 21.4 Å². The zero-order valence-electron chi connectivity index (χ0n) is 9.41. The molecule has 0 atom stereocenters. The number of ether oxygens (including phenoxy) is 1. The van der Waals surface area contributed by atoms with Crippen LogP contribution in [0.5, 0.6) is 11.6 Å². The SMILES string of the molecule is N#Cc1cccnc1Oc1ccc(Cl)cc1[N+](=O)[O-]. The van der Waals surface area contributed by atoms with E-state index < -0.39 is 4.92 Å². The maximum atomic E-state index is 10.9. The molecule has 7 heteroatoms. The second-order valence-electron chi connectivity index (χ2n) is 3.44. The normalized spacial score (nSPS) is 9.68. The summed E-state index contributed by atoms with van der Waals surface area (Å²) in [7, 11) is 0. The van der Waals surface area contributed by atoms with Gasteiger partial charge in [-0.3, -0.25) is 10.1 Å². The summed E-state index contributed by atoms with van der Waals surface area (Å²) in [6.07, 6.45) is 1.43. The van der Waals surface area contributed by atoms with Gasteiger partial charge in [-0.05, 0) is 24.3 Å². The third-order valence-corrected chi connectivity index (χ3v) is 2.45. The van der Waals surface area contributed by atoms with Crippen molar-refractivity contribution in [3.05, 3.63) is 57.2 Å². The molecule has 1 aromatic heterocycles. The summed E-state index contributed by atoms with van der Waals surface area (Å²) in [6.45, 7) is 0. The van der Waals surface area contributed by atoms with E-state index in [-0.39, 0.29) is 27.9 Å². The predicted molar refractivity (Wildman–Crippen MR) is 67.1 cm³/mol. The first kappa shape index (κ1) is 12.8. The van der Waals surface area contributed by atoms with Crippen molar-refractivity contribution in [1.29, 1.82) is 5.26 Å². The first-order valence-electron chi connectivity index (χ1n) is 5.08. The summed E-state index contributed by atoms with van der Waals surface area (Å²) in [4.78, 5) is 14.2. The second-order valence-corrected chi connectivity index (χ2v) is 3.88. The highest BCUT2D eigenvalue weighted by atomic mass is 35.5. The van der Waals surface area contributed by atoms with Gasteiger partial charge in [0.1, 0.15) is 11.6 Å². The molecule has 1 aromatic carbocycles. The summed E-state index contributed by atoms with van der Waals surface area (Å²) in [5, 5.41) is 20.0. The molecule has 19 heavy (non-hydrogen) atoms. The van der Waals surface area contributed by atoms with E-state index in [9.17, 15) is 10.1 Å². The lowest BCUT2D eigenvalue weighted by Gasteiger charge is -2.06. The van der Waals surface area contributed by atoms with Gasteiger partial charge in [0.15, 0.2) is 0 Å². The van der Waals surface area contributed by atoms with Crippen LogP contribution in [0.2, 0.25) is 5.02 Å². The third kappa shape index (κ3) is 2.78. The molecule has 2 rings (SSSR count). The molecule has 0 N–H and O–H groups in total. The molecule has 0 saturated heterocycles. The first-order valence-corrected chi connectivity index (χ1v) is 5.46. The lowest BCUT2D eigenvalue weighted by molar-refractivity contribution is -0.385. The highest BCUT2D eigenvalue weighted by Crippen LogP contribution is 2.33. The molecule has 0 fully saturated rings. The predicted octanol–water partition coefficient (Wildman–Crippen LogP) is 3.31. The average Bonchev–Trinajstić information content (AvgIpc) is 2.41. The number of nitro groups is 1. The number of rotatable bonds is 3. The molecule has 1 heterocycles. The van der Waals surface area contributed by atoms with Crippen molar-refractivity contribution in [3.8, 4) is 17.7 Å². The first-order chi connectivity index (χ1) is 9.11. The van der Waals surface area contributed by atoms with Gasteiger partial charge >= 0.3 is 5.69 Å². The van der Waals surface area contributed by atoms with Crippen LogP contribution in [-0.2, 0) is 0 Å². The van der Waals surface area contributed by atoms with Crippen LogP contribution in [0.1, 0.15) is 5.56 Å². The van der Waals surface area contributed by atoms with Gasteiger partial charge in [0.25, 0.3) is 0 Å².